The highest BCUT2D eigenvalue weighted by molar-refractivity contribution is 5.94. The van der Waals surface area contributed by atoms with Crippen molar-refractivity contribution in [2.75, 3.05) is 0 Å². The molecule has 17 heavy (non-hydrogen) atoms. The van der Waals surface area contributed by atoms with Crippen molar-refractivity contribution in [1.29, 1.82) is 0 Å². The maximum absolute atomic E-state index is 11.1. The van der Waals surface area contributed by atoms with E-state index in [0.29, 0.717) is 5.56 Å². The van der Waals surface area contributed by atoms with Gasteiger partial charge in [0.1, 0.15) is 0 Å². The molecule has 0 saturated heterocycles. The first kappa shape index (κ1) is 13.9. The van der Waals surface area contributed by atoms with Crippen LogP contribution < -0.4 is 0 Å². The first-order valence-corrected chi connectivity index (χ1v) is 6.44. The number of hydrogen-bond donors (Lipinski definition) is 1. The minimum Gasteiger partial charge on any atom is -0.388 e. The van der Waals surface area contributed by atoms with Gasteiger partial charge < -0.3 is 5.11 Å². The zero-order valence-corrected chi connectivity index (χ0v) is 10.8. The Balaban J connectivity index is 2.46. The Hall–Kier alpha value is -1.15. The van der Waals surface area contributed by atoms with Gasteiger partial charge in [-0.05, 0) is 18.9 Å². The van der Waals surface area contributed by atoms with Crippen molar-refractivity contribution in [3.05, 3.63) is 35.4 Å². The average molecular weight is 234 g/mol. The number of carbonyl (C=O) groups excluding carboxylic acids is 1. The van der Waals surface area contributed by atoms with E-state index < -0.39 is 6.10 Å². The Kier molecular flexibility index (Phi) is 5.92. The molecule has 0 aliphatic rings. The summed E-state index contributed by atoms with van der Waals surface area (Å²) in [5.41, 5.74) is 1.61. The highest BCUT2D eigenvalue weighted by atomic mass is 16.3. The van der Waals surface area contributed by atoms with Crippen molar-refractivity contribution < 1.29 is 9.90 Å². The standard InChI is InChI=1S/C15H22O2/c1-3-4-5-6-7-15(17)14-10-8-13(9-11-14)12(2)16/h8-11,15,17H,3-7H2,1-2H3. The summed E-state index contributed by atoms with van der Waals surface area (Å²) in [5, 5.41) is 9.96. The lowest BCUT2D eigenvalue weighted by atomic mass is 10.0. The molecule has 1 rings (SSSR count). The van der Waals surface area contributed by atoms with Gasteiger partial charge in [-0.15, -0.1) is 0 Å². The molecule has 0 spiro atoms. The fraction of sp³-hybridized carbons (Fsp3) is 0.533. The summed E-state index contributed by atoms with van der Waals surface area (Å²) in [6.45, 7) is 3.73. The highest BCUT2D eigenvalue weighted by Gasteiger charge is 2.07. The number of unbranched alkanes of at least 4 members (excludes halogenated alkanes) is 3. The van der Waals surface area contributed by atoms with Gasteiger partial charge in [0, 0.05) is 5.56 Å². The minimum absolute atomic E-state index is 0.0639. The van der Waals surface area contributed by atoms with E-state index in [4.69, 9.17) is 0 Å². The molecule has 1 atom stereocenters. The van der Waals surface area contributed by atoms with Crippen molar-refractivity contribution in [1.82, 2.24) is 0 Å². The second-order valence-electron chi connectivity index (χ2n) is 4.54. The fourth-order valence-corrected chi connectivity index (χ4v) is 1.87. The normalized spacial score (nSPS) is 12.4. The lowest BCUT2D eigenvalue weighted by Gasteiger charge is -2.11. The smallest absolute Gasteiger partial charge is 0.159 e. The van der Waals surface area contributed by atoms with Gasteiger partial charge in [-0.2, -0.15) is 0 Å². The minimum atomic E-state index is -0.395. The lowest BCUT2D eigenvalue weighted by Crippen LogP contribution is -1.99. The summed E-state index contributed by atoms with van der Waals surface area (Å²) in [5.74, 6) is 0.0639. The van der Waals surface area contributed by atoms with Gasteiger partial charge in [-0.25, -0.2) is 0 Å². The van der Waals surface area contributed by atoms with Crippen LogP contribution in [0.3, 0.4) is 0 Å². The van der Waals surface area contributed by atoms with E-state index >= 15 is 0 Å². The maximum Gasteiger partial charge on any atom is 0.159 e. The number of aliphatic hydroxyl groups excluding tert-OH is 1. The number of aliphatic hydroxyl groups is 1. The number of rotatable bonds is 7. The van der Waals surface area contributed by atoms with Crippen molar-refractivity contribution >= 4 is 5.78 Å². The van der Waals surface area contributed by atoms with E-state index in [1.54, 1.807) is 19.1 Å². The topological polar surface area (TPSA) is 37.3 Å². The van der Waals surface area contributed by atoms with Crippen LogP contribution in [-0.2, 0) is 0 Å². The quantitative estimate of drug-likeness (QED) is 0.574. The van der Waals surface area contributed by atoms with Crippen LogP contribution in [0, 0.1) is 0 Å². The summed E-state index contributed by atoms with van der Waals surface area (Å²) in [6, 6.07) is 7.27. The van der Waals surface area contributed by atoms with Crippen molar-refractivity contribution in [2.45, 2.75) is 52.1 Å². The van der Waals surface area contributed by atoms with Gasteiger partial charge in [-0.1, -0.05) is 56.9 Å². The molecule has 1 unspecified atom stereocenters. The predicted molar refractivity (Wildman–Crippen MR) is 70.2 cm³/mol. The van der Waals surface area contributed by atoms with Crippen LogP contribution in [0.25, 0.3) is 0 Å². The number of benzene rings is 1. The van der Waals surface area contributed by atoms with Gasteiger partial charge in [0.05, 0.1) is 6.10 Å². The van der Waals surface area contributed by atoms with Crippen LogP contribution in [0.5, 0.6) is 0 Å². The molecule has 2 nitrogen and oxygen atoms in total. The van der Waals surface area contributed by atoms with Crippen LogP contribution in [0.15, 0.2) is 24.3 Å². The summed E-state index contributed by atoms with van der Waals surface area (Å²) < 4.78 is 0. The third-order valence-electron chi connectivity index (χ3n) is 3.03. The molecule has 1 N–H and O–H groups in total. The monoisotopic (exact) mass is 234 g/mol. The Labute approximate surface area is 104 Å². The highest BCUT2D eigenvalue weighted by Crippen LogP contribution is 2.20. The second kappa shape index (κ2) is 7.23. The molecule has 0 bridgehead atoms. The second-order valence-corrected chi connectivity index (χ2v) is 4.54. The molecule has 2 heteroatoms. The van der Waals surface area contributed by atoms with Gasteiger partial charge in [0.15, 0.2) is 5.78 Å². The molecule has 0 fully saturated rings. The molecule has 0 amide bonds. The molecular formula is C15H22O2. The zero-order valence-electron chi connectivity index (χ0n) is 10.8. The number of ketones is 1. The first-order chi connectivity index (χ1) is 8.15. The van der Waals surface area contributed by atoms with Gasteiger partial charge in [0.2, 0.25) is 0 Å². The van der Waals surface area contributed by atoms with E-state index in [9.17, 15) is 9.90 Å². The fourth-order valence-electron chi connectivity index (χ4n) is 1.87. The van der Waals surface area contributed by atoms with Crippen molar-refractivity contribution in [2.24, 2.45) is 0 Å². The van der Waals surface area contributed by atoms with E-state index in [0.717, 1.165) is 18.4 Å². The van der Waals surface area contributed by atoms with Crippen molar-refractivity contribution in [3.8, 4) is 0 Å². The van der Waals surface area contributed by atoms with Gasteiger partial charge in [-0.3, -0.25) is 4.79 Å². The average Bonchev–Trinajstić information content (AvgIpc) is 2.34. The Morgan fingerprint density at radius 2 is 1.82 bits per heavy atom. The number of hydrogen-bond acceptors (Lipinski definition) is 2. The summed E-state index contributed by atoms with van der Waals surface area (Å²) >= 11 is 0. The van der Waals surface area contributed by atoms with E-state index in [-0.39, 0.29) is 5.78 Å². The summed E-state index contributed by atoms with van der Waals surface area (Å²) in [7, 11) is 0. The number of Topliss-reactive ketones (excluding diaryl/α,β-unsaturated/α-hetero) is 1. The van der Waals surface area contributed by atoms with Crippen LogP contribution in [0.2, 0.25) is 0 Å². The van der Waals surface area contributed by atoms with Crippen LogP contribution in [0.1, 0.15) is 68.0 Å². The van der Waals surface area contributed by atoms with Crippen LogP contribution in [-0.4, -0.2) is 10.9 Å². The third-order valence-corrected chi connectivity index (χ3v) is 3.03. The summed E-state index contributed by atoms with van der Waals surface area (Å²) in [6.07, 6.45) is 5.09. The van der Waals surface area contributed by atoms with E-state index in [1.807, 2.05) is 12.1 Å². The molecule has 1 aromatic rings. The predicted octanol–water partition coefficient (Wildman–Crippen LogP) is 3.89. The maximum atomic E-state index is 11.1. The lowest BCUT2D eigenvalue weighted by molar-refractivity contribution is 0.101. The molecule has 0 aromatic heterocycles. The van der Waals surface area contributed by atoms with Crippen LogP contribution in [0.4, 0.5) is 0 Å². The molecular weight excluding hydrogens is 212 g/mol. The van der Waals surface area contributed by atoms with Crippen LogP contribution >= 0.6 is 0 Å². The Bertz CT molecular complexity index is 340. The Morgan fingerprint density at radius 1 is 1.18 bits per heavy atom. The van der Waals surface area contributed by atoms with E-state index in [1.165, 1.54) is 19.3 Å². The Morgan fingerprint density at radius 3 is 2.35 bits per heavy atom. The van der Waals surface area contributed by atoms with E-state index in [2.05, 4.69) is 6.92 Å². The zero-order chi connectivity index (χ0) is 12.7. The molecule has 0 aliphatic carbocycles. The molecule has 0 aliphatic heterocycles. The molecule has 1 aromatic carbocycles. The molecule has 0 heterocycles. The largest absolute Gasteiger partial charge is 0.388 e. The van der Waals surface area contributed by atoms with Gasteiger partial charge >= 0.3 is 0 Å². The van der Waals surface area contributed by atoms with Gasteiger partial charge in [0.25, 0.3) is 0 Å². The molecule has 94 valence electrons. The third kappa shape index (κ3) is 4.70. The van der Waals surface area contributed by atoms with Crippen molar-refractivity contribution in [3.63, 3.8) is 0 Å². The summed E-state index contributed by atoms with van der Waals surface area (Å²) in [4.78, 5) is 11.1. The molecule has 0 saturated carbocycles. The first-order valence-electron chi connectivity index (χ1n) is 6.44. The SMILES string of the molecule is CCCCCCC(O)c1ccc(C(C)=O)cc1. The molecule has 0 radical (unpaired) electrons. The number of carbonyl (C=O) groups is 1.